The SMILES string of the molecule is COc1ccc(C(=O)N(C)CC2(O)CCOCC2)c(O)c1. The number of likely N-dealkylation sites (N-methyl/N-ethyl adjacent to an activating group) is 1. The molecule has 2 rings (SSSR count). The van der Waals surface area contributed by atoms with Crippen molar-refractivity contribution in [2.24, 2.45) is 0 Å². The number of hydrogen-bond acceptors (Lipinski definition) is 5. The second-order valence-corrected chi connectivity index (χ2v) is 5.38. The monoisotopic (exact) mass is 295 g/mol. The molecule has 1 fully saturated rings. The molecular formula is C15H21NO5. The first kappa shape index (κ1) is 15.6. The number of hydrogen-bond donors (Lipinski definition) is 2. The van der Waals surface area contributed by atoms with Gasteiger partial charge in [0, 0.05) is 45.7 Å². The predicted molar refractivity (Wildman–Crippen MR) is 76.6 cm³/mol. The van der Waals surface area contributed by atoms with E-state index in [4.69, 9.17) is 9.47 Å². The maximum atomic E-state index is 12.4. The number of amides is 1. The number of phenols is 1. The summed E-state index contributed by atoms with van der Waals surface area (Å²) in [6.07, 6.45) is 0.998. The zero-order valence-corrected chi connectivity index (χ0v) is 12.3. The Kier molecular flexibility index (Phi) is 4.69. The topological polar surface area (TPSA) is 79.2 Å². The molecule has 0 aliphatic carbocycles. The number of aromatic hydroxyl groups is 1. The van der Waals surface area contributed by atoms with Crippen LogP contribution in [-0.4, -0.2) is 60.5 Å². The van der Waals surface area contributed by atoms with Crippen molar-refractivity contribution in [1.82, 2.24) is 4.90 Å². The van der Waals surface area contributed by atoms with E-state index in [-0.39, 0.29) is 23.8 Å². The largest absolute Gasteiger partial charge is 0.507 e. The van der Waals surface area contributed by atoms with Gasteiger partial charge < -0.3 is 24.6 Å². The van der Waals surface area contributed by atoms with Gasteiger partial charge in [-0.1, -0.05) is 0 Å². The van der Waals surface area contributed by atoms with E-state index >= 15 is 0 Å². The minimum Gasteiger partial charge on any atom is -0.507 e. The van der Waals surface area contributed by atoms with Crippen molar-refractivity contribution in [3.8, 4) is 11.5 Å². The van der Waals surface area contributed by atoms with Gasteiger partial charge in [0.1, 0.15) is 11.5 Å². The fourth-order valence-corrected chi connectivity index (χ4v) is 2.45. The average Bonchev–Trinajstić information content (AvgIpc) is 2.46. The smallest absolute Gasteiger partial charge is 0.257 e. The molecule has 0 radical (unpaired) electrons. The van der Waals surface area contributed by atoms with Crippen LogP contribution in [0.25, 0.3) is 0 Å². The number of carbonyl (C=O) groups is 1. The van der Waals surface area contributed by atoms with Crippen molar-refractivity contribution >= 4 is 5.91 Å². The number of nitrogens with zero attached hydrogens (tertiary/aromatic N) is 1. The summed E-state index contributed by atoms with van der Waals surface area (Å²) in [6, 6.07) is 4.52. The van der Waals surface area contributed by atoms with Crippen LogP contribution in [0.2, 0.25) is 0 Å². The molecule has 1 saturated heterocycles. The number of ether oxygens (including phenoxy) is 2. The molecule has 1 aliphatic heterocycles. The summed E-state index contributed by atoms with van der Waals surface area (Å²) in [5, 5.41) is 20.3. The van der Waals surface area contributed by atoms with Crippen molar-refractivity contribution in [2.75, 3.05) is 33.9 Å². The van der Waals surface area contributed by atoms with Gasteiger partial charge in [-0.05, 0) is 12.1 Å². The summed E-state index contributed by atoms with van der Waals surface area (Å²) in [4.78, 5) is 13.8. The summed E-state index contributed by atoms with van der Waals surface area (Å²) in [5.41, 5.74) is -0.737. The van der Waals surface area contributed by atoms with Crippen LogP contribution in [0.3, 0.4) is 0 Å². The van der Waals surface area contributed by atoms with E-state index in [1.54, 1.807) is 13.1 Å². The third-order valence-corrected chi connectivity index (χ3v) is 3.74. The zero-order chi connectivity index (χ0) is 15.5. The molecule has 1 amide bonds. The van der Waals surface area contributed by atoms with Gasteiger partial charge in [-0.2, -0.15) is 0 Å². The summed E-state index contributed by atoms with van der Waals surface area (Å²) in [5.74, 6) is 0.00926. The van der Waals surface area contributed by atoms with Crippen LogP contribution < -0.4 is 4.74 Å². The van der Waals surface area contributed by atoms with Crippen LogP contribution in [0, 0.1) is 0 Å². The van der Waals surface area contributed by atoms with Gasteiger partial charge in [0.15, 0.2) is 0 Å². The number of rotatable bonds is 4. The Labute approximate surface area is 123 Å². The lowest BCUT2D eigenvalue weighted by atomic mass is 9.93. The molecule has 0 spiro atoms. The highest BCUT2D eigenvalue weighted by atomic mass is 16.5. The first-order valence-corrected chi connectivity index (χ1v) is 6.88. The molecule has 0 saturated carbocycles. The zero-order valence-electron chi connectivity index (χ0n) is 12.3. The number of carbonyl (C=O) groups excluding carboxylic acids is 1. The molecule has 0 atom stereocenters. The third-order valence-electron chi connectivity index (χ3n) is 3.74. The van der Waals surface area contributed by atoms with E-state index in [1.807, 2.05) is 0 Å². The van der Waals surface area contributed by atoms with E-state index in [2.05, 4.69) is 0 Å². The van der Waals surface area contributed by atoms with Crippen LogP contribution in [0.1, 0.15) is 23.2 Å². The summed E-state index contributed by atoms with van der Waals surface area (Å²) < 4.78 is 10.2. The van der Waals surface area contributed by atoms with Crippen molar-refractivity contribution in [1.29, 1.82) is 0 Å². The fraction of sp³-hybridized carbons (Fsp3) is 0.533. The van der Waals surface area contributed by atoms with Gasteiger partial charge in [0.2, 0.25) is 0 Å². The Morgan fingerprint density at radius 2 is 2.10 bits per heavy atom. The Morgan fingerprint density at radius 3 is 2.67 bits per heavy atom. The molecule has 6 heteroatoms. The van der Waals surface area contributed by atoms with Crippen LogP contribution in [0.15, 0.2) is 18.2 Å². The van der Waals surface area contributed by atoms with Crippen molar-refractivity contribution in [3.05, 3.63) is 23.8 Å². The Balaban J connectivity index is 2.08. The van der Waals surface area contributed by atoms with Crippen molar-refractivity contribution in [2.45, 2.75) is 18.4 Å². The van der Waals surface area contributed by atoms with Crippen LogP contribution >= 0.6 is 0 Å². The molecule has 1 aromatic rings. The second-order valence-electron chi connectivity index (χ2n) is 5.38. The van der Waals surface area contributed by atoms with E-state index in [0.29, 0.717) is 31.8 Å². The van der Waals surface area contributed by atoms with Crippen LogP contribution in [0.4, 0.5) is 0 Å². The standard InChI is InChI=1S/C15H21NO5/c1-16(10-15(19)5-7-21-8-6-15)14(18)12-4-3-11(20-2)9-13(12)17/h3-4,9,17,19H,5-8,10H2,1-2H3. The number of benzene rings is 1. The van der Waals surface area contributed by atoms with Crippen molar-refractivity contribution in [3.63, 3.8) is 0 Å². The predicted octanol–water partition coefficient (Wildman–Crippen LogP) is 1.01. The van der Waals surface area contributed by atoms with Crippen LogP contribution in [-0.2, 0) is 4.74 Å². The van der Waals surface area contributed by atoms with E-state index < -0.39 is 5.60 Å². The molecule has 21 heavy (non-hydrogen) atoms. The van der Waals surface area contributed by atoms with Gasteiger partial charge in [0.25, 0.3) is 5.91 Å². The minimum atomic E-state index is -0.926. The Bertz CT molecular complexity index is 511. The lowest BCUT2D eigenvalue weighted by Gasteiger charge is -2.35. The highest BCUT2D eigenvalue weighted by Crippen LogP contribution is 2.26. The number of aliphatic hydroxyl groups is 1. The first-order chi connectivity index (χ1) is 9.95. The van der Waals surface area contributed by atoms with Gasteiger partial charge in [-0.3, -0.25) is 4.79 Å². The van der Waals surface area contributed by atoms with Gasteiger partial charge in [-0.15, -0.1) is 0 Å². The Morgan fingerprint density at radius 1 is 1.43 bits per heavy atom. The maximum absolute atomic E-state index is 12.4. The minimum absolute atomic E-state index is 0.134. The first-order valence-electron chi connectivity index (χ1n) is 6.88. The average molecular weight is 295 g/mol. The molecule has 2 N–H and O–H groups in total. The van der Waals surface area contributed by atoms with E-state index in [9.17, 15) is 15.0 Å². The van der Waals surface area contributed by atoms with Crippen LogP contribution in [0.5, 0.6) is 11.5 Å². The molecule has 1 aliphatic rings. The summed E-state index contributed by atoms with van der Waals surface area (Å²) in [6.45, 7) is 1.19. The van der Waals surface area contributed by atoms with Gasteiger partial charge in [-0.25, -0.2) is 0 Å². The third kappa shape index (κ3) is 3.65. The maximum Gasteiger partial charge on any atom is 0.257 e. The molecule has 0 unspecified atom stereocenters. The normalized spacial score (nSPS) is 17.3. The molecule has 6 nitrogen and oxygen atoms in total. The van der Waals surface area contributed by atoms with Crippen molar-refractivity contribution < 1.29 is 24.5 Å². The number of phenolic OH excluding ortho intramolecular Hbond substituents is 1. The molecule has 0 aromatic heterocycles. The number of methoxy groups -OCH3 is 1. The van der Waals surface area contributed by atoms with E-state index in [0.717, 1.165) is 0 Å². The lowest BCUT2D eigenvalue weighted by Crippen LogP contribution is -2.47. The summed E-state index contributed by atoms with van der Waals surface area (Å²) in [7, 11) is 3.10. The highest BCUT2D eigenvalue weighted by Gasteiger charge is 2.33. The second kappa shape index (κ2) is 6.32. The molecule has 1 aromatic carbocycles. The quantitative estimate of drug-likeness (QED) is 0.867. The van der Waals surface area contributed by atoms with Gasteiger partial charge >= 0.3 is 0 Å². The van der Waals surface area contributed by atoms with Gasteiger partial charge in [0.05, 0.1) is 18.3 Å². The van der Waals surface area contributed by atoms with E-state index in [1.165, 1.54) is 24.1 Å². The molecule has 1 heterocycles. The lowest BCUT2D eigenvalue weighted by molar-refractivity contribution is -0.0734. The molecular weight excluding hydrogens is 274 g/mol. The molecule has 0 bridgehead atoms. The summed E-state index contributed by atoms with van der Waals surface area (Å²) >= 11 is 0. The molecule has 116 valence electrons. The highest BCUT2D eigenvalue weighted by molar-refractivity contribution is 5.96. The Hall–Kier alpha value is -1.79. The fourth-order valence-electron chi connectivity index (χ4n) is 2.45.